The molecule has 3 aliphatic carbocycles. The molecule has 3 aromatic rings. The Labute approximate surface area is 287 Å². The molecule has 0 heterocycles. The molecule has 3 aliphatic rings. The number of nitrogens with zero attached hydrogens (tertiary/aromatic N) is 1. The van der Waals surface area contributed by atoms with Gasteiger partial charge in [-0.3, -0.25) is 4.79 Å². The van der Waals surface area contributed by atoms with Gasteiger partial charge < -0.3 is 15.1 Å². The highest BCUT2D eigenvalue weighted by molar-refractivity contribution is 5.76. The maximum absolute atomic E-state index is 16.1. The van der Waals surface area contributed by atoms with Crippen LogP contribution in [0.25, 0.3) is 0 Å². The Bertz CT molecular complexity index is 1460. The number of alkyl halides is 1. The van der Waals surface area contributed by atoms with Gasteiger partial charge in [-0.1, -0.05) is 92.9 Å². The van der Waals surface area contributed by atoms with Crippen molar-refractivity contribution in [2.24, 2.45) is 23.2 Å². The van der Waals surface area contributed by atoms with E-state index in [4.69, 9.17) is 0 Å². The molecule has 2 N–H and O–H groups in total. The summed E-state index contributed by atoms with van der Waals surface area (Å²) >= 11 is 0. The van der Waals surface area contributed by atoms with Crippen LogP contribution in [-0.2, 0) is 24.1 Å². The number of aromatic hydroxyl groups is 1. The molecule has 2 saturated carbocycles. The first kappa shape index (κ1) is 34.7. The zero-order chi connectivity index (χ0) is 33.5. The maximum atomic E-state index is 16.1. The van der Waals surface area contributed by atoms with Crippen LogP contribution in [0.15, 0.2) is 78.9 Å². The van der Waals surface area contributed by atoms with Gasteiger partial charge in [-0.2, -0.15) is 0 Å². The smallest absolute Gasteiger partial charge is 0.222 e. The van der Waals surface area contributed by atoms with Crippen LogP contribution in [0.2, 0.25) is 0 Å². The number of carbonyl (C=O) groups excluding carboxylic acids is 1. The fourth-order valence-electron chi connectivity index (χ4n) is 9.82. The number of fused-ring (bicyclic) bond motifs is 5. The van der Waals surface area contributed by atoms with Crippen LogP contribution in [0, 0.1) is 23.2 Å². The lowest BCUT2D eigenvalue weighted by atomic mass is 9.51. The van der Waals surface area contributed by atoms with Gasteiger partial charge in [-0.15, -0.1) is 0 Å². The standard InChI is InChI=1S/C43H56FNO3/c1-43-30-38(44)42-36-23-22-35(46)29-34(36)28-33(41(42)37(43)24-25-39(43)47)20-10-2-3-11-26-45(27-13-19-32-16-8-5-9-17-32)40(48)21-12-18-31-14-6-4-7-15-31/h4-9,14-17,22-23,29,33,37-39,41-42,46-47H,2-3,10-13,18-21,24-28,30H2,1H3/t33-,37+,38+,39+,41+,42+,43+/m1/s1. The van der Waals surface area contributed by atoms with E-state index < -0.39 is 12.3 Å². The third-order valence-corrected chi connectivity index (χ3v) is 12.3. The molecule has 4 nitrogen and oxygen atoms in total. The molecular formula is C43H56FNO3. The number of hydrogen-bond acceptors (Lipinski definition) is 3. The van der Waals surface area contributed by atoms with Gasteiger partial charge >= 0.3 is 0 Å². The topological polar surface area (TPSA) is 60.8 Å². The lowest BCUT2D eigenvalue weighted by Gasteiger charge is -2.54. The SMILES string of the molecule is C[C@]12C[C@H](F)[C@@H]3c4ccc(O)cc4C[C@@H](CCCCCCN(CCCc4ccccc4)C(=O)CCCc4ccccc4)[C@H]3[C@@H]1CC[C@@H]2O. The zero-order valence-corrected chi connectivity index (χ0v) is 28.9. The van der Waals surface area contributed by atoms with Gasteiger partial charge in [0.05, 0.1) is 6.10 Å². The molecule has 7 atom stereocenters. The number of aryl methyl sites for hydroxylation is 2. The van der Waals surface area contributed by atoms with Gasteiger partial charge in [0.25, 0.3) is 0 Å². The minimum atomic E-state index is -0.965. The molecule has 1 amide bonds. The van der Waals surface area contributed by atoms with Crippen LogP contribution in [0.1, 0.15) is 106 Å². The summed E-state index contributed by atoms with van der Waals surface area (Å²) in [7, 11) is 0. The van der Waals surface area contributed by atoms with Crippen LogP contribution in [0.4, 0.5) is 4.39 Å². The monoisotopic (exact) mass is 653 g/mol. The molecule has 48 heavy (non-hydrogen) atoms. The number of hydrogen-bond donors (Lipinski definition) is 2. The van der Waals surface area contributed by atoms with Gasteiger partial charge in [0, 0.05) is 25.4 Å². The second-order valence-electron chi connectivity index (χ2n) is 15.4. The molecule has 6 rings (SSSR count). The van der Waals surface area contributed by atoms with Crippen LogP contribution in [0.3, 0.4) is 0 Å². The summed E-state index contributed by atoms with van der Waals surface area (Å²) in [4.78, 5) is 15.5. The Morgan fingerprint density at radius 2 is 1.52 bits per heavy atom. The molecule has 5 heteroatoms. The fourth-order valence-corrected chi connectivity index (χ4v) is 9.82. The Kier molecular flexibility index (Phi) is 11.6. The number of unbranched alkanes of at least 4 members (excludes halogenated alkanes) is 3. The van der Waals surface area contributed by atoms with E-state index in [0.29, 0.717) is 24.7 Å². The molecule has 0 spiro atoms. The highest BCUT2D eigenvalue weighted by atomic mass is 19.1. The van der Waals surface area contributed by atoms with Crippen molar-refractivity contribution in [1.29, 1.82) is 0 Å². The first-order chi connectivity index (χ1) is 23.3. The Morgan fingerprint density at radius 3 is 2.25 bits per heavy atom. The van der Waals surface area contributed by atoms with Crippen molar-refractivity contribution in [3.8, 4) is 5.75 Å². The predicted molar refractivity (Wildman–Crippen MR) is 192 cm³/mol. The van der Waals surface area contributed by atoms with E-state index in [1.807, 2.05) is 24.3 Å². The van der Waals surface area contributed by atoms with E-state index in [1.165, 1.54) is 11.1 Å². The highest BCUT2D eigenvalue weighted by Crippen LogP contribution is 2.63. The number of halogens is 1. The summed E-state index contributed by atoms with van der Waals surface area (Å²) in [6.07, 6.45) is 11.4. The number of benzene rings is 3. The van der Waals surface area contributed by atoms with E-state index in [-0.39, 0.29) is 28.9 Å². The van der Waals surface area contributed by atoms with E-state index in [9.17, 15) is 15.0 Å². The van der Waals surface area contributed by atoms with Crippen molar-refractivity contribution in [3.63, 3.8) is 0 Å². The molecule has 0 saturated heterocycles. The second kappa shape index (κ2) is 16.0. The van der Waals surface area contributed by atoms with Crippen LogP contribution in [0.5, 0.6) is 5.75 Å². The van der Waals surface area contributed by atoms with E-state index in [0.717, 1.165) is 101 Å². The van der Waals surface area contributed by atoms with Crippen LogP contribution in [-0.4, -0.2) is 46.4 Å². The van der Waals surface area contributed by atoms with Crippen LogP contribution < -0.4 is 0 Å². The lowest BCUT2D eigenvalue weighted by Crippen LogP contribution is -2.51. The summed E-state index contributed by atoms with van der Waals surface area (Å²) < 4.78 is 16.1. The van der Waals surface area contributed by atoms with Gasteiger partial charge in [0.2, 0.25) is 5.91 Å². The molecule has 0 aromatic heterocycles. The Morgan fingerprint density at radius 1 is 0.854 bits per heavy atom. The van der Waals surface area contributed by atoms with Crippen LogP contribution >= 0.6 is 0 Å². The number of phenolic OH excluding ortho intramolecular Hbond substituents is 1. The van der Waals surface area contributed by atoms with Gasteiger partial charge in [-0.05, 0) is 122 Å². The van der Waals surface area contributed by atoms with E-state index in [2.05, 4.69) is 60.4 Å². The van der Waals surface area contributed by atoms with Crippen molar-refractivity contribution >= 4 is 5.91 Å². The van der Waals surface area contributed by atoms with Crippen molar-refractivity contribution in [2.45, 2.75) is 115 Å². The number of aliphatic hydroxyl groups is 1. The molecule has 0 aliphatic heterocycles. The number of carbonyl (C=O) groups is 1. The molecule has 0 unspecified atom stereocenters. The summed E-state index contributed by atoms with van der Waals surface area (Å²) in [5.74, 6) is 1.34. The average molecular weight is 654 g/mol. The summed E-state index contributed by atoms with van der Waals surface area (Å²) in [5.41, 5.74) is 4.47. The summed E-state index contributed by atoms with van der Waals surface area (Å²) in [6.45, 7) is 3.74. The first-order valence-corrected chi connectivity index (χ1v) is 18.8. The molecule has 258 valence electrons. The number of aliphatic hydroxyl groups excluding tert-OH is 1. The second-order valence-corrected chi connectivity index (χ2v) is 15.4. The minimum Gasteiger partial charge on any atom is -0.508 e. The Hall–Kier alpha value is -3.18. The molecule has 0 radical (unpaired) electrons. The van der Waals surface area contributed by atoms with Crippen molar-refractivity contribution < 1.29 is 19.4 Å². The first-order valence-electron chi connectivity index (χ1n) is 18.8. The lowest BCUT2D eigenvalue weighted by molar-refractivity contribution is -0.131. The predicted octanol–water partition coefficient (Wildman–Crippen LogP) is 9.22. The zero-order valence-electron chi connectivity index (χ0n) is 28.9. The molecule has 0 bridgehead atoms. The van der Waals surface area contributed by atoms with Crippen molar-refractivity contribution in [2.75, 3.05) is 13.1 Å². The van der Waals surface area contributed by atoms with E-state index in [1.54, 1.807) is 6.07 Å². The fraction of sp³-hybridized carbons (Fsp3) is 0.558. The van der Waals surface area contributed by atoms with Gasteiger partial charge in [-0.25, -0.2) is 4.39 Å². The largest absolute Gasteiger partial charge is 0.508 e. The normalized spacial score (nSPS) is 27.6. The van der Waals surface area contributed by atoms with Crippen molar-refractivity contribution in [3.05, 3.63) is 101 Å². The third-order valence-electron chi connectivity index (χ3n) is 12.3. The molecule has 2 fully saturated rings. The number of amides is 1. The summed E-state index contributed by atoms with van der Waals surface area (Å²) in [6, 6.07) is 26.5. The quantitative estimate of drug-likeness (QED) is 0.161. The van der Waals surface area contributed by atoms with Gasteiger partial charge in [0.15, 0.2) is 0 Å². The Balaban J connectivity index is 1.02. The molecule has 3 aromatic carbocycles. The van der Waals surface area contributed by atoms with E-state index >= 15 is 4.39 Å². The minimum absolute atomic E-state index is 0.139. The summed E-state index contributed by atoms with van der Waals surface area (Å²) in [5, 5.41) is 21.2. The maximum Gasteiger partial charge on any atom is 0.222 e. The highest BCUT2D eigenvalue weighted by Gasteiger charge is 2.59. The number of phenols is 1. The van der Waals surface area contributed by atoms with Crippen molar-refractivity contribution in [1.82, 2.24) is 4.90 Å². The average Bonchev–Trinajstić information content (AvgIpc) is 3.38. The van der Waals surface area contributed by atoms with Gasteiger partial charge in [0.1, 0.15) is 11.9 Å². The number of rotatable bonds is 15. The third kappa shape index (κ3) is 7.99. The molecular weight excluding hydrogens is 597 g/mol.